The lowest BCUT2D eigenvalue weighted by atomic mass is 9.78. The molecule has 0 aliphatic carbocycles. The molecule has 0 saturated carbocycles. The maximum atomic E-state index is 9.47. The minimum atomic E-state index is -0.653. The maximum absolute atomic E-state index is 9.47. The maximum Gasteiger partial charge on any atom is 0.135 e. The third kappa shape index (κ3) is 24.0. The molecule has 7 atom stereocenters. The quantitative estimate of drug-likeness (QED) is 0.0255. The SMILES string of the molecule is CC(C)(c1ccc(O)cc1)c1ccc(O)cc1.CC(C)(c1ccc(OCC(O)CCl)cc1)c1ccc(OCC2CO2)cc1.CC(C)(c1ccc(OCC2CO2)cc1)c1ccc(OC(CO)CCl)cc1.CC(C)(c1ccc(OCC2CO2)cc1)c1ccc(OCC2CO2)cc1.ClCC1CO1. The van der Waals surface area contributed by atoms with Crippen LogP contribution in [0.5, 0.6) is 46.0 Å². The van der Waals surface area contributed by atoms with Crippen LogP contribution in [-0.2, 0) is 45.3 Å². The van der Waals surface area contributed by atoms with E-state index in [0.29, 0.717) is 44.2 Å². The van der Waals surface area contributed by atoms with Crippen LogP contribution in [0, 0.1) is 0 Å². The van der Waals surface area contributed by atoms with Gasteiger partial charge in [0.25, 0.3) is 0 Å². The third-order valence-corrected chi connectivity index (χ3v) is 18.9. The van der Waals surface area contributed by atoms with E-state index in [4.69, 9.17) is 86.9 Å². The summed E-state index contributed by atoms with van der Waals surface area (Å²) in [5, 5.41) is 37.3. The summed E-state index contributed by atoms with van der Waals surface area (Å²) in [7, 11) is 0. The van der Waals surface area contributed by atoms with E-state index in [1.54, 1.807) is 24.3 Å². The first kappa shape index (κ1) is 75.9. The van der Waals surface area contributed by atoms with Crippen molar-refractivity contribution in [2.45, 2.75) is 120 Å². The summed E-state index contributed by atoms with van der Waals surface area (Å²) in [6, 6.07) is 63.4. The van der Waals surface area contributed by atoms with Gasteiger partial charge < -0.3 is 72.5 Å². The predicted octanol–water partition coefficient (Wildman–Crippen LogP) is 15.2. The molecule has 7 unspecified atom stereocenters. The highest BCUT2D eigenvalue weighted by molar-refractivity contribution is 6.18. The first-order valence-electron chi connectivity index (χ1n) is 33.6. The number of aliphatic hydroxyl groups excluding tert-OH is 2. The van der Waals surface area contributed by atoms with Crippen molar-refractivity contribution in [1.29, 1.82) is 0 Å². The summed E-state index contributed by atoms with van der Waals surface area (Å²) >= 11 is 16.6. The average Bonchev–Trinajstić information content (AvgIpc) is 1.44. The van der Waals surface area contributed by atoms with Gasteiger partial charge >= 0.3 is 0 Å². The van der Waals surface area contributed by atoms with E-state index in [-0.39, 0.29) is 88.7 Å². The molecule has 0 bridgehead atoms. The van der Waals surface area contributed by atoms with Crippen LogP contribution in [0.1, 0.15) is 99.9 Å². The zero-order chi connectivity index (χ0) is 70.6. The second-order valence-corrected chi connectivity index (χ2v) is 28.0. The van der Waals surface area contributed by atoms with E-state index in [0.717, 1.165) is 72.9 Å². The Balaban J connectivity index is 0.000000152. The standard InChI is InChI=1S/2C21H25ClO4.C21H24O4.C15H16O2.C3H5ClO/c1-21(2,15-3-7-18(8-4-15)24-12-17(23)11-22)16-5-9-19(10-6-16)25-13-20-14-26-20;1-21(2,15-3-7-17(8-4-15)24-13-20-14-25-20)16-5-9-18(10-6-16)26-19(11-22)12-23;1-21(2,15-3-7-17(8-4-15)22-11-19-13-24-19)16-5-9-18(10-6-16)23-12-20-14-25-20;1-15(2,11-3-7-13(16)8-4-11)12-5-9-14(17)10-6-12;4-1-3-2-5-3/h3-10,17,20,23H,11-14H2,1-2H3;3-10,19-20,23H,11-14H2,1-2H3;3-10,19-20H,11-14H2,1-2H3;3-10,16-17H,1-2H3;3H,1-2H2. The number of alkyl halides is 3. The Hall–Kier alpha value is -7.25. The highest BCUT2D eigenvalue weighted by Gasteiger charge is 2.30. The van der Waals surface area contributed by atoms with Crippen LogP contribution < -0.4 is 28.4 Å². The van der Waals surface area contributed by atoms with Crippen LogP contribution in [0.2, 0.25) is 0 Å². The van der Waals surface area contributed by atoms with E-state index < -0.39 is 6.10 Å². The van der Waals surface area contributed by atoms with Crippen LogP contribution in [0.4, 0.5) is 0 Å². The largest absolute Gasteiger partial charge is 0.508 e. The van der Waals surface area contributed by atoms with Crippen molar-refractivity contribution in [3.8, 4) is 46.0 Å². The number of benzene rings is 8. The number of hydrogen-bond donors (Lipinski definition) is 4. The summed E-state index contributed by atoms with van der Waals surface area (Å²) in [6.45, 7) is 24.2. The fourth-order valence-electron chi connectivity index (χ4n) is 10.3. The van der Waals surface area contributed by atoms with Crippen LogP contribution in [0.25, 0.3) is 0 Å². The van der Waals surface area contributed by atoms with E-state index in [2.05, 4.69) is 116 Å². The van der Waals surface area contributed by atoms with E-state index in [1.807, 2.05) is 109 Å². The summed E-state index contributed by atoms with van der Waals surface area (Å²) < 4.78 is 59.4. The van der Waals surface area contributed by atoms with Gasteiger partial charge in [0.1, 0.15) is 116 Å². The summed E-state index contributed by atoms with van der Waals surface area (Å²) in [4.78, 5) is 0. The Labute approximate surface area is 598 Å². The van der Waals surface area contributed by atoms with Crippen LogP contribution in [-0.4, -0.2) is 153 Å². The molecule has 530 valence electrons. The first-order valence-corrected chi connectivity index (χ1v) is 35.2. The molecule has 99 heavy (non-hydrogen) atoms. The Morgan fingerprint density at radius 2 is 0.566 bits per heavy atom. The molecule has 4 N–H and O–H groups in total. The number of epoxide rings is 5. The van der Waals surface area contributed by atoms with Crippen molar-refractivity contribution in [2.75, 3.05) is 90.3 Å². The van der Waals surface area contributed by atoms with Crippen LogP contribution in [0.15, 0.2) is 194 Å². The van der Waals surface area contributed by atoms with E-state index in [9.17, 15) is 20.4 Å². The molecule has 18 heteroatoms. The van der Waals surface area contributed by atoms with Gasteiger partial charge in [-0.3, -0.25) is 0 Å². The zero-order valence-electron chi connectivity index (χ0n) is 57.8. The Bertz CT molecular complexity index is 3530. The van der Waals surface area contributed by atoms with Gasteiger partial charge in [-0.05, 0) is 142 Å². The molecular formula is C81H95Cl3O15. The fourth-order valence-corrected chi connectivity index (χ4v) is 10.8. The van der Waals surface area contributed by atoms with E-state index in [1.165, 1.54) is 33.4 Å². The highest BCUT2D eigenvalue weighted by atomic mass is 35.5. The number of aromatic hydroxyl groups is 2. The Morgan fingerprint density at radius 3 is 0.758 bits per heavy atom. The number of rotatable bonds is 29. The summed E-state index contributed by atoms with van der Waals surface area (Å²) in [6.07, 6.45) is 0.445. The van der Waals surface area contributed by atoms with Crippen molar-refractivity contribution >= 4 is 34.8 Å². The smallest absolute Gasteiger partial charge is 0.135 e. The molecule has 5 heterocycles. The van der Waals surface area contributed by atoms with Gasteiger partial charge in [0, 0.05) is 21.7 Å². The molecule has 0 spiro atoms. The van der Waals surface area contributed by atoms with Crippen molar-refractivity contribution in [3.05, 3.63) is 239 Å². The number of aliphatic hydroxyl groups is 2. The zero-order valence-corrected chi connectivity index (χ0v) is 60.1. The monoisotopic (exact) mass is 1410 g/mol. The molecule has 5 aliphatic heterocycles. The van der Waals surface area contributed by atoms with Gasteiger partial charge in [0.15, 0.2) is 0 Å². The number of hydrogen-bond acceptors (Lipinski definition) is 15. The van der Waals surface area contributed by atoms with Gasteiger partial charge in [-0.2, -0.15) is 0 Å². The molecule has 0 radical (unpaired) electrons. The first-order chi connectivity index (χ1) is 47.5. The number of phenolic OH excluding ortho intramolecular Hbond substituents is 2. The molecular weight excluding hydrogens is 1320 g/mol. The number of ether oxygens (including phenoxy) is 11. The minimum Gasteiger partial charge on any atom is -0.508 e. The van der Waals surface area contributed by atoms with Gasteiger partial charge in [0.05, 0.1) is 63.4 Å². The lowest BCUT2D eigenvalue weighted by molar-refractivity contribution is 0.125. The minimum absolute atomic E-state index is 0.0870. The van der Waals surface area contributed by atoms with Gasteiger partial charge in [-0.1, -0.05) is 152 Å². The molecule has 5 aliphatic rings. The topological polar surface area (TPSA) is 199 Å². The molecule has 5 saturated heterocycles. The fraction of sp³-hybridized carbons (Fsp3) is 0.407. The molecule has 5 fully saturated rings. The third-order valence-electron chi connectivity index (χ3n) is 17.9. The lowest BCUT2D eigenvalue weighted by Crippen LogP contribution is -2.23. The van der Waals surface area contributed by atoms with Crippen molar-refractivity contribution in [2.24, 2.45) is 0 Å². The Kier molecular flexibility index (Phi) is 27.5. The molecule has 15 nitrogen and oxygen atoms in total. The van der Waals surface area contributed by atoms with Gasteiger partial charge in [-0.15, -0.1) is 34.8 Å². The predicted molar refractivity (Wildman–Crippen MR) is 389 cm³/mol. The molecule has 0 amide bonds. The van der Waals surface area contributed by atoms with Crippen molar-refractivity contribution < 1.29 is 72.5 Å². The number of phenols is 2. The van der Waals surface area contributed by atoms with Crippen molar-refractivity contribution in [3.63, 3.8) is 0 Å². The molecule has 8 aromatic carbocycles. The normalized spacial score (nSPS) is 18.4. The van der Waals surface area contributed by atoms with Crippen LogP contribution in [0.3, 0.4) is 0 Å². The highest BCUT2D eigenvalue weighted by Crippen LogP contribution is 2.38. The molecule has 0 aromatic heterocycles. The van der Waals surface area contributed by atoms with Crippen molar-refractivity contribution in [1.82, 2.24) is 0 Å². The van der Waals surface area contributed by atoms with Gasteiger partial charge in [0.2, 0.25) is 0 Å². The lowest BCUT2D eigenvalue weighted by Gasteiger charge is -2.26. The molecule has 13 rings (SSSR count). The molecule has 8 aromatic rings. The second kappa shape index (κ2) is 35.9. The summed E-state index contributed by atoms with van der Waals surface area (Å²) in [5.41, 5.74) is 8.99. The van der Waals surface area contributed by atoms with E-state index >= 15 is 0 Å². The second-order valence-electron chi connectivity index (χ2n) is 27.1. The summed E-state index contributed by atoms with van der Waals surface area (Å²) in [5.74, 6) is 6.56. The average molecular weight is 1410 g/mol. The number of halogens is 3. The van der Waals surface area contributed by atoms with Crippen LogP contribution >= 0.6 is 34.8 Å². The van der Waals surface area contributed by atoms with Gasteiger partial charge in [-0.25, -0.2) is 0 Å². The Morgan fingerprint density at radius 1 is 0.343 bits per heavy atom.